The van der Waals surface area contributed by atoms with Crippen molar-refractivity contribution in [2.45, 2.75) is 57.8 Å². The van der Waals surface area contributed by atoms with E-state index in [0.29, 0.717) is 13.0 Å². The number of imidazole rings is 1. The van der Waals surface area contributed by atoms with E-state index in [9.17, 15) is 4.79 Å². The van der Waals surface area contributed by atoms with Crippen LogP contribution in [0.15, 0.2) is 48.8 Å². The largest absolute Gasteiger partial charge is 0.496 e. The number of hydrogen-bond acceptors (Lipinski definition) is 5. The van der Waals surface area contributed by atoms with E-state index in [0.717, 1.165) is 55.0 Å². The van der Waals surface area contributed by atoms with E-state index >= 15 is 0 Å². The molecular weight excluding hydrogens is 450 g/mol. The summed E-state index contributed by atoms with van der Waals surface area (Å²) in [5.41, 5.74) is 6.94. The molecule has 2 aliphatic rings. The number of benzene rings is 2. The highest BCUT2D eigenvalue weighted by Crippen LogP contribution is 2.36. The van der Waals surface area contributed by atoms with Crippen molar-refractivity contribution in [2.75, 3.05) is 25.6 Å². The molecule has 1 aromatic heterocycles. The lowest BCUT2D eigenvalue weighted by molar-refractivity contribution is -0.118. The minimum Gasteiger partial charge on any atom is -0.496 e. The first-order chi connectivity index (χ1) is 17.5. The van der Waals surface area contributed by atoms with Crippen LogP contribution < -0.4 is 15.0 Å². The van der Waals surface area contributed by atoms with Crippen LogP contribution in [0.5, 0.6) is 5.75 Å². The van der Waals surface area contributed by atoms with Gasteiger partial charge in [-0.2, -0.15) is 0 Å². The molecule has 2 atom stereocenters. The van der Waals surface area contributed by atoms with Gasteiger partial charge in [-0.1, -0.05) is 30.3 Å². The van der Waals surface area contributed by atoms with Crippen molar-refractivity contribution in [1.29, 1.82) is 0 Å². The zero-order valence-corrected chi connectivity index (χ0v) is 21.8. The fourth-order valence-electron chi connectivity index (χ4n) is 5.72. The minimum absolute atomic E-state index is 0.170. The molecule has 2 aromatic carbocycles. The van der Waals surface area contributed by atoms with E-state index in [-0.39, 0.29) is 18.0 Å². The Hall–Kier alpha value is -3.16. The topological polar surface area (TPSA) is 62.6 Å². The zero-order chi connectivity index (χ0) is 25.2. The second-order valence-electron chi connectivity index (χ2n) is 10.1. The van der Waals surface area contributed by atoms with Crippen molar-refractivity contribution >= 4 is 11.6 Å². The number of aryl methyl sites for hydroxylation is 2. The van der Waals surface area contributed by atoms with Crippen LogP contribution in [0, 0.1) is 6.92 Å². The lowest BCUT2D eigenvalue weighted by atomic mass is 9.89. The quantitative estimate of drug-likeness (QED) is 0.543. The fourth-order valence-corrected chi connectivity index (χ4v) is 5.72. The molecule has 0 saturated carbocycles. The number of nitrogens with zero attached hydrogens (tertiary/aromatic N) is 4. The Kier molecular flexibility index (Phi) is 7.12. The smallest absolute Gasteiger partial charge is 0.227 e. The molecule has 7 nitrogen and oxygen atoms in total. The first-order valence-electron chi connectivity index (χ1n) is 12.9. The van der Waals surface area contributed by atoms with Gasteiger partial charge in [0.1, 0.15) is 5.75 Å². The van der Waals surface area contributed by atoms with Crippen LogP contribution >= 0.6 is 0 Å². The maximum Gasteiger partial charge on any atom is 0.227 e. The predicted molar refractivity (Wildman–Crippen MR) is 142 cm³/mol. The molecule has 1 saturated heterocycles. The fraction of sp³-hybridized carbons (Fsp3) is 0.448. The summed E-state index contributed by atoms with van der Waals surface area (Å²) >= 11 is 0. The van der Waals surface area contributed by atoms with Gasteiger partial charge in [0.2, 0.25) is 5.91 Å². The van der Waals surface area contributed by atoms with Crippen LogP contribution in [0.2, 0.25) is 0 Å². The van der Waals surface area contributed by atoms with Gasteiger partial charge >= 0.3 is 0 Å². The highest BCUT2D eigenvalue weighted by Gasteiger charge is 2.33. The Balaban J connectivity index is 1.41. The molecule has 2 aliphatic heterocycles. The van der Waals surface area contributed by atoms with Gasteiger partial charge in [0.25, 0.3) is 0 Å². The number of amides is 1. The monoisotopic (exact) mass is 487 g/mol. The summed E-state index contributed by atoms with van der Waals surface area (Å²) in [5, 5.41) is 3.88. The number of ether oxygens (including phenoxy) is 1. The Bertz CT molecular complexity index is 1220. The summed E-state index contributed by atoms with van der Waals surface area (Å²) in [7, 11) is 5.65. The van der Waals surface area contributed by atoms with E-state index < -0.39 is 0 Å². The van der Waals surface area contributed by atoms with Gasteiger partial charge in [0, 0.05) is 56.6 Å². The van der Waals surface area contributed by atoms with Crippen LogP contribution in [0.3, 0.4) is 0 Å². The zero-order valence-electron chi connectivity index (χ0n) is 21.8. The molecule has 1 amide bonds. The first kappa shape index (κ1) is 24.5. The summed E-state index contributed by atoms with van der Waals surface area (Å²) in [4.78, 5) is 21.3. The highest BCUT2D eigenvalue weighted by molar-refractivity contribution is 5.96. The summed E-state index contributed by atoms with van der Waals surface area (Å²) in [6, 6.07) is 15.6. The number of nitrogens with one attached hydrogen (secondary N) is 1. The van der Waals surface area contributed by atoms with Gasteiger partial charge < -0.3 is 19.5 Å². The molecule has 0 aliphatic carbocycles. The molecule has 1 fully saturated rings. The van der Waals surface area contributed by atoms with Crippen LogP contribution in [0.25, 0.3) is 0 Å². The molecule has 0 spiro atoms. The number of hydrogen-bond donors (Lipinski definition) is 1. The Labute approximate surface area is 214 Å². The number of likely N-dealkylation sites (tertiary alicyclic amines) is 1. The number of aromatic nitrogens is 2. The van der Waals surface area contributed by atoms with Crippen LogP contribution in [-0.2, 0) is 31.4 Å². The Morgan fingerprint density at radius 3 is 2.67 bits per heavy atom. The van der Waals surface area contributed by atoms with Crippen molar-refractivity contribution in [3.05, 3.63) is 76.9 Å². The molecule has 0 radical (unpaired) electrons. The Morgan fingerprint density at radius 2 is 1.94 bits per heavy atom. The van der Waals surface area contributed by atoms with E-state index in [4.69, 9.17) is 4.74 Å². The van der Waals surface area contributed by atoms with Gasteiger partial charge in [0.05, 0.1) is 25.2 Å². The van der Waals surface area contributed by atoms with Crippen molar-refractivity contribution < 1.29 is 9.53 Å². The second kappa shape index (κ2) is 10.4. The van der Waals surface area contributed by atoms with Gasteiger partial charge in [-0.15, -0.1) is 0 Å². The van der Waals surface area contributed by atoms with Crippen molar-refractivity contribution in [3.8, 4) is 5.75 Å². The van der Waals surface area contributed by atoms with E-state index in [1.54, 1.807) is 12.0 Å². The molecule has 190 valence electrons. The third kappa shape index (κ3) is 4.77. The van der Waals surface area contributed by atoms with Crippen molar-refractivity contribution in [3.63, 3.8) is 0 Å². The molecule has 3 aromatic rings. The highest BCUT2D eigenvalue weighted by atomic mass is 16.5. The number of rotatable bonds is 7. The molecule has 1 N–H and O–H groups in total. The predicted octanol–water partition coefficient (Wildman–Crippen LogP) is 4.14. The van der Waals surface area contributed by atoms with Crippen LogP contribution in [0.4, 0.5) is 5.69 Å². The van der Waals surface area contributed by atoms with Gasteiger partial charge in [-0.3, -0.25) is 9.69 Å². The lowest BCUT2D eigenvalue weighted by Gasteiger charge is -2.42. The molecule has 0 unspecified atom stereocenters. The van der Waals surface area contributed by atoms with Crippen molar-refractivity contribution in [1.82, 2.24) is 19.8 Å². The normalized spacial score (nSPS) is 20.4. The number of carbonyl (C=O) groups is 1. The first-order valence-corrected chi connectivity index (χ1v) is 12.9. The molecule has 0 bridgehead atoms. The lowest BCUT2D eigenvalue weighted by Crippen LogP contribution is -2.47. The molecule has 3 heterocycles. The summed E-state index contributed by atoms with van der Waals surface area (Å²) in [6.45, 7) is 4.70. The van der Waals surface area contributed by atoms with Gasteiger partial charge in [-0.25, -0.2) is 4.98 Å². The molecule has 5 rings (SSSR count). The van der Waals surface area contributed by atoms with Gasteiger partial charge in [-0.05, 0) is 56.0 Å². The summed E-state index contributed by atoms with van der Waals surface area (Å²) in [5.74, 6) is 1.06. The number of piperidine rings is 1. The number of carbonyl (C=O) groups excluding carboxylic acids is 1. The second-order valence-corrected chi connectivity index (χ2v) is 10.1. The number of fused-ring (bicyclic) bond motifs is 1. The summed E-state index contributed by atoms with van der Waals surface area (Å²) in [6.07, 6.45) is 5.46. The number of methoxy groups -OCH3 is 1. The number of anilines is 1. The summed E-state index contributed by atoms with van der Waals surface area (Å²) < 4.78 is 7.87. The standard InChI is InChI=1S/C29H37N5O2/c1-20-25(31-19-32(20)2)18-34-14-8-11-24(29(34)21-9-6-5-7-10-21)30-17-23-15-26-22(16-27(23)36-4)12-13-28(35)33(26)3/h5-7,9-10,15-16,19,24,29-30H,8,11-14,17-18H2,1-4H3/t24-,29-/m0/s1. The SMILES string of the molecule is COc1cc2c(cc1CN[C@H]1CCCN(Cc3ncn(C)c3C)[C@H]1c1ccccc1)N(C)C(=O)CC2. The molecule has 7 heteroatoms. The average Bonchev–Trinajstić information content (AvgIpc) is 3.22. The van der Waals surface area contributed by atoms with E-state index in [1.807, 2.05) is 13.4 Å². The maximum atomic E-state index is 12.3. The van der Waals surface area contributed by atoms with Crippen molar-refractivity contribution in [2.24, 2.45) is 7.05 Å². The van der Waals surface area contributed by atoms with Gasteiger partial charge in [0.15, 0.2) is 0 Å². The average molecular weight is 488 g/mol. The molecular formula is C29H37N5O2. The van der Waals surface area contributed by atoms with E-state index in [1.165, 1.54) is 16.8 Å². The van der Waals surface area contributed by atoms with E-state index in [2.05, 4.69) is 76.2 Å². The van der Waals surface area contributed by atoms with Crippen LogP contribution in [0.1, 0.15) is 53.4 Å². The maximum absolute atomic E-state index is 12.3. The molecule has 36 heavy (non-hydrogen) atoms. The third-order valence-electron chi connectivity index (χ3n) is 7.94. The Morgan fingerprint density at radius 1 is 1.14 bits per heavy atom. The van der Waals surface area contributed by atoms with Crippen LogP contribution in [-0.4, -0.2) is 47.1 Å². The third-order valence-corrected chi connectivity index (χ3v) is 7.94. The minimum atomic E-state index is 0.170.